The number of benzene rings is 2. The van der Waals surface area contributed by atoms with Gasteiger partial charge in [0.2, 0.25) is 0 Å². The summed E-state index contributed by atoms with van der Waals surface area (Å²) in [6, 6.07) is 14.8. The van der Waals surface area contributed by atoms with Crippen molar-refractivity contribution < 1.29 is 14.3 Å². The summed E-state index contributed by atoms with van der Waals surface area (Å²) in [5, 5.41) is 5.60. The molecule has 0 aliphatic rings. The van der Waals surface area contributed by atoms with Gasteiger partial charge >= 0.3 is 6.03 Å². The fraction of sp³-hybridized carbons (Fsp3) is 0.235. The van der Waals surface area contributed by atoms with E-state index >= 15 is 0 Å². The van der Waals surface area contributed by atoms with Crippen LogP contribution in [0.2, 0.25) is 0 Å². The van der Waals surface area contributed by atoms with E-state index in [0.717, 1.165) is 22.7 Å². The summed E-state index contributed by atoms with van der Waals surface area (Å²) in [7, 11) is 3.23. The summed E-state index contributed by atoms with van der Waals surface area (Å²) in [6.07, 6.45) is 0.676. The molecule has 0 aliphatic heterocycles. The SMILES string of the molecule is COc1ccc(CCNC(=O)Nc2ccccc2)c(OC)c1. The van der Waals surface area contributed by atoms with E-state index in [9.17, 15) is 4.79 Å². The van der Waals surface area contributed by atoms with Gasteiger partial charge in [-0.15, -0.1) is 0 Å². The molecule has 22 heavy (non-hydrogen) atoms. The summed E-state index contributed by atoms with van der Waals surface area (Å²) in [4.78, 5) is 11.8. The van der Waals surface area contributed by atoms with Gasteiger partial charge in [-0.2, -0.15) is 0 Å². The van der Waals surface area contributed by atoms with Gasteiger partial charge in [-0.1, -0.05) is 24.3 Å². The van der Waals surface area contributed by atoms with Crippen LogP contribution in [0.1, 0.15) is 5.56 Å². The van der Waals surface area contributed by atoms with E-state index in [4.69, 9.17) is 9.47 Å². The maximum Gasteiger partial charge on any atom is 0.319 e. The lowest BCUT2D eigenvalue weighted by atomic mass is 10.1. The highest BCUT2D eigenvalue weighted by Crippen LogP contribution is 2.24. The van der Waals surface area contributed by atoms with E-state index in [1.54, 1.807) is 14.2 Å². The van der Waals surface area contributed by atoms with Crippen LogP contribution >= 0.6 is 0 Å². The molecule has 0 spiro atoms. The molecule has 0 aliphatic carbocycles. The van der Waals surface area contributed by atoms with E-state index in [1.807, 2.05) is 48.5 Å². The maximum absolute atomic E-state index is 11.8. The zero-order chi connectivity index (χ0) is 15.8. The van der Waals surface area contributed by atoms with Crippen LogP contribution in [0.4, 0.5) is 10.5 Å². The zero-order valence-corrected chi connectivity index (χ0v) is 12.8. The first-order valence-electron chi connectivity index (χ1n) is 7.03. The van der Waals surface area contributed by atoms with Crippen molar-refractivity contribution in [1.29, 1.82) is 0 Å². The Morgan fingerprint density at radius 1 is 1.05 bits per heavy atom. The van der Waals surface area contributed by atoms with Gasteiger partial charge in [0.15, 0.2) is 0 Å². The number of anilines is 1. The van der Waals surface area contributed by atoms with Crippen molar-refractivity contribution in [2.45, 2.75) is 6.42 Å². The van der Waals surface area contributed by atoms with E-state index in [-0.39, 0.29) is 6.03 Å². The standard InChI is InChI=1S/C17H20N2O3/c1-21-15-9-8-13(16(12-15)22-2)10-11-18-17(20)19-14-6-4-3-5-7-14/h3-9,12H,10-11H2,1-2H3,(H2,18,19,20). The minimum atomic E-state index is -0.223. The minimum Gasteiger partial charge on any atom is -0.497 e. The van der Waals surface area contributed by atoms with Crippen LogP contribution in [0.3, 0.4) is 0 Å². The fourth-order valence-electron chi connectivity index (χ4n) is 2.07. The van der Waals surface area contributed by atoms with Crippen molar-refractivity contribution in [3.05, 3.63) is 54.1 Å². The largest absolute Gasteiger partial charge is 0.497 e. The smallest absolute Gasteiger partial charge is 0.319 e. The molecule has 0 saturated carbocycles. The summed E-state index contributed by atoms with van der Waals surface area (Å²) in [6.45, 7) is 0.515. The summed E-state index contributed by atoms with van der Waals surface area (Å²) in [5.74, 6) is 1.50. The lowest BCUT2D eigenvalue weighted by molar-refractivity contribution is 0.252. The van der Waals surface area contributed by atoms with Gasteiger partial charge in [0.25, 0.3) is 0 Å². The number of nitrogens with one attached hydrogen (secondary N) is 2. The Labute approximate surface area is 130 Å². The number of methoxy groups -OCH3 is 2. The molecule has 116 valence electrons. The molecule has 5 nitrogen and oxygen atoms in total. The van der Waals surface area contributed by atoms with E-state index in [0.29, 0.717) is 13.0 Å². The number of ether oxygens (including phenoxy) is 2. The molecule has 0 saturated heterocycles. The van der Waals surface area contributed by atoms with Crippen molar-refractivity contribution in [3.8, 4) is 11.5 Å². The molecular weight excluding hydrogens is 280 g/mol. The highest BCUT2D eigenvalue weighted by Gasteiger charge is 2.06. The first-order valence-corrected chi connectivity index (χ1v) is 7.03. The van der Waals surface area contributed by atoms with Crippen molar-refractivity contribution in [2.24, 2.45) is 0 Å². The molecule has 0 bridgehead atoms. The van der Waals surface area contributed by atoms with Gasteiger partial charge in [-0.05, 0) is 30.2 Å². The average Bonchev–Trinajstić information content (AvgIpc) is 2.56. The van der Waals surface area contributed by atoms with Gasteiger partial charge in [0.1, 0.15) is 11.5 Å². The second kappa shape index (κ2) is 7.93. The molecule has 0 radical (unpaired) electrons. The van der Waals surface area contributed by atoms with Crippen LogP contribution in [-0.2, 0) is 6.42 Å². The fourth-order valence-corrected chi connectivity index (χ4v) is 2.07. The molecule has 2 rings (SSSR count). The lowest BCUT2D eigenvalue weighted by Gasteiger charge is -2.11. The summed E-state index contributed by atoms with van der Waals surface area (Å²) < 4.78 is 10.5. The van der Waals surface area contributed by atoms with Crippen LogP contribution in [0.25, 0.3) is 0 Å². The minimum absolute atomic E-state index is 0.223. The van der Waals surface area contributed by atoms with Crippen LogP contribution < -0.4 is 20.1 Å². The number of hydrogen-bond acceptors (Lipinski definition) is 3. The van der Waals surface area contributed by atoms with Crippen LogP contribution in [0.15, 0.2) is 48.5 Å². The van der Waals surface area contributed by atoms with Gasteiger partial charge < -0.3 is 20.1 Å². The number of carbonyl (C=O) groups is 1. The number of amides is 2. The van der Waals surface area contributed by atoms with Crippen LogP contribution in [0, 0.1) is 0 Å². The molecule has 0 heterocycles. The molecule has 2 N–H and O–H groups in total. The second-order valence-electron chi connectivity index (χ2n) is 4.67. The summed E-state index contributed by atoms with van der Waals surface area (Å²) in [5.41, 5.74) is 1.78. The summed E-state index contributed by atoms with van der Waals surface area (Å²) >= 11 is 0. The van der Waals surface area contributed by atoms with Crippen LogP contribution in [-0.4, -0.2) is 26.8 Å². The average molecular weight is 300 g/mol. The quantitative estimate of drug-likeness (QED) is 0.862. The molecule has 2 aromatic rings. The van der Waals surface area contributed by atoms with Crippen LogP contribution in [0.5, 0.6) is 11.5 Å². The third-order valence-corrected chi connectivity index (χ3v) is 3.21. The van der Waals surface area contributed by atoms with Crippen molar-refractivity contribution >= 4 is 11.7 Å². The molecule has 0 unspecified atom stereocenters. The predicted octanol–water partition coefficient (Wildman–Crippen LogP) is 3.07. The Bertz CT molecular complexity index is 615. The normalized spacial score (nSPS) is 9.91. The Kier molecular flexibility index (Phi) is 5.65. The Morgan fingerprint density at radius 2 is 1.82 bits per heavy atom. The van der Waals surface area contributed by atoms with E-state index in [2.05, 4.69) is 10.6 Å². The number of para-hydroxylation sites is 1. The topological polar surface area (TPSA) is 59.6 Å². The molecule has 0 atom stereocenters. The Hall–Kier alpha value is -2.69. The number of rotatable bonds is 6. The third-order valence-electron chi connectivity index (χ3n) is 3.21. The van der Waals surface area contributed by atoms with Crippen molar-refractivity contribution in [1.82, 2.24) is 5.32 Å². The van der Waals surface area contributed by atoms with E-state index in [1.165, 1.54) is 0 Å². The second-order valence-corrected chi connectivity index (χ2v) is 4.67. The molecular formula is C17H20N2O3. The third kappa shape index (κ3) is 4.41. The predicted molar refractivity (Wildman–Crippen MR) is 86.7 cm³/mol. The highest BCUT2D eigenvalue weighted by atomic mass is 16.5. The monoisotopic (exact) mass is 300 g/mol. The molecule has 2 amide bonds. The van der Waals surface area contributed by atoms with Crippen molar-refractivity contribution in [2.75, 3.05) is 26.1 Å². The molecule has 0 fully saturated rings. The zero-order valence-electron chi connectivity index (χ0n) is 12.8. The Balaban J connectivity index is 1.84. The highest BCUT2D eigenvalue weighted by molar-refractivity contribution is 5.89. The van der Waals surface area contributed by atoms with Gasteiger partial charge in [0.05, 0.1) is 14.2 Å². The first kappa shape index (κ1) is 15.7. The molecule has 0 aromatic heterocycles. The van der Waals surface area contributed by atoms with Gasteiger partial charge in [-0.25, -0.2) is 4.79 Å². The van der Waals surface area contributed by atoms with E-state index < -0.39 is 0 Å². The first-order chi connectivity index (χ1) is 10.7. The number of hydrogen-bond donors (Lipinski definition) is 2. The molecule has 2 aromatic carbocycles. The van der Waals surface area contributed by atoms with Crippen molar-refractivity contribution in [3.63, 3.8) is 0 Å². The van der Waals surface area contributed by atoms with Gasteiger partial charge in [0, 0.05) is 18.3 Å². The number of carbonyl (C=O) groups excluding carboxylic acids is 1. The van der Waals surface area contributed by atoms with Gasteiger partial charge in [-0.3, -0.25) is 0 Å². The molecule has 5 heteroatoms. The maximum atomic E-state index is 11.8. The lowest BCUT2D eigenvalue weighted by Crippen LogP contribution is -2.30. The Morgan fingerprint density at radius 3 is 2.50 bits per heavy atom. The number of urea groups is 1.